The van der Waals surface area contributed by atoms with Gasteiger partial charge in [-0.2, -0.15) is 0 Å². The SMILES string of the molecule is Cc1ccc(-n2[nH]c(C)c(N=Nc3cc(S(C)(=O)=O)cc([N+](=O)[O-])c3O)c2=O)cc1. The van der Waals surface area contributed by atoms with Crippen LogP contribution in [-0.4, -0.2) is 34.5 Å². The second-order valence-electron chi connectivity index (χ2n) is 6.60. The number of H-pyrrole nitrogens is 1. The first kappa shape index (κ1) is 20.9. The van der Waals surface area contributed by atoms with Crippen LogP contribution in [0.5, 0.6) is 5.75 Å². The van der Waals surface area contributed by atoms with E-state index in [1.807, 2.05) is 19.1 Å². The molecule has 2 aromatic carbocycles. The first-order valence-electron chi connectivity index (χ1n) is 8.51. The number of sulfone groups is 1. The number of nitro benzene ring substituents is 1. The molecule has 0 saturated carbocycles. The number of azo groups is 1. The summed E-state index contributed by atoms with van der Waals surface area (Å²) in [7, 11) is -3.82. The molecule has 0 unspecified atom stereocenters. The zero-order chi connectivity index (χ0) is 22.2. The summed E-state index contributed by atoms with van der Waals surface area (Å²) >= 11 is 0. The van der Waals surface area contributed by atoms with Gasteiger partial charge in [0.15, 0.2) is 15.5 Å². The number of nitrogens with zero attached hydrogens (tertiary/aromatic N) is 4. The fraction of sp³-hybridized carbons (Fsp3) is 0.167. The Morgan fingerprint density at radius 3 is 2.33 bits per heavy atom. The van der Waals surface area contributed by atoms with Crippen molar-refractivity contribution in [1.82, 2.24) is 9.78 Å². The van der Waals surface area contributed by atoms with Gasteiger partial charge in [-0.3, -0.25) is 20.0 Å². The van der Waals surface area contributed by atoms with E-state index in [1.165, 1.54) is 4.68 Å². The summed E-state index contributed by atoms with van der Waals surface area (Å²) in [6.07, 6.45) is 0.862. The Morgan fingerprint density at radius 2 is 1.77 bits per heavy atom. The van der Waals surface area contributed by atoms with Crippen molar-refractivity contribution in [2.75, 3.05) is 6.26 Å². The molecule has 3 aromatic rings. The average molecular weight is 431 g/mol. The van der Waals surface area contributed by atoms with Gasteiger partial charge >= 0.3 is 5.69 Å². The minimum Gasteiger partial charge on any atom is -0.501 e. The van der Waals surface area contributed by atoms with Crippen molar-refractivity contribution in [3.63, 3.8) is 0 Å². The van der Waals surface area contributed by atoms with Gasteiger partial charge < -0.3 is 5.11 Å². The van der Waals surface area contributed by atoms with Gasteiger partial charge in [-0.05, 0) is 32.0 Å². The second kappa shape index (κ2) is 7.55. The maximum atomic E-state index is 12.7. The molecule has 0 spiro atoms. The van der Waals surface area contributed by atoms with Crippen molar-refractivity contribution in [2.24, 2.45) is 10.2 Å². The zero-order valence-corrected chi connectivity index (χ0v) is 17.0. The maximum Gasteiger partial charge on any atom is 0.314 e. The predicted molar refractivity (Wildman–Crippen MR) is 108 cm³/mol. The molecule has 1 aromatic heterocycles. The van der Waals surface area contributed by atoms with Crippen LogP contribution in [0, 0.1) is 24.0 Å². The highest BCUT2D eigenvalue weighted by molar-refractivity contribution is 7.90. The van der Waals surface area contributed by atoms with Crippen molar-refractivity contribution in [3.05, 3.63) is 68.1 Å². The Labute approximate surface area is 170 Å². The standard InChI is InChI=1S/C18H17N5O6S/c1-10-4-6-12(7-5-10)22-18(25)16(11(2)21-22)20-19-14-8-13(30(3,28)29)9-15(17(14)24)23(26)27/h4-9,21,24H,1-3H3. The quantitative estimate of drug-likeness (QED) is 0.358. The van der Waals surface area contributed by atoms with E-state index in [4.69, 9.17) is 0 Å². The number of nitro groups is 1. The highest BCUT2D eigenvalue weighted by atomic mass is 32.2. The molecule has 30 heavy (non-hydrogen) atoms. The molecule has 2 N–H and O–H groups in total. The van der Waals surface area contributed by atoms with Crippen molar-refractivity contribution >= 4 is 26.9 Å². The van der Waals surface area contributed by atoms with Crippen molar-refractivity contribution in [1.29, 1.82) is 0 Å². The van der Waals surface area contributed by atoms with E-state index in [1.54, 1.807) is 19.1 Å². The third kappa shape index (κ3) is 3.98. The van der Waals surface area contributed by atoms with E-state index in [0.29, 0.717) is 11.4 Å². The Hall–Kier alpha value is -3.80. The van der Waals surface area contributed by atoms with Crippen LogP contribution in [0.1, 0.15) is 11.3 Å². The maximum absolute atomic E-state index is 12.7. The summed E-state index contributed by atoms with van der Waals surface area (Å²) in [6, 6.07) is 8.80. The fourth-order valence-corrected chi connectivity index (χ4v) is 3.29. The van der Waals surface area contributed by atoms with Gasteiger partial charge in [0.1, 0.15) is 5.69 Å². The molecular formula is C18H17N5O6S. The van der Waals surface area contributed by atoms with Crippen molar-refractivity contribution < 1.29 is 18.4 Å². The number of phenols is 1. The number of aromatic nitrogens is 2. The first-order chi connectivity index (χ1) is 14.0. The van der Waals surface area contributed by atoms with E-state index >= 15 is 0 Å². The number of hydrogen-bond donors (Lipinski definition) is 2. The molecule has 11 nitrogen and oxygen atoms in total. The Bertz CT molecular complexity index is 1340. The molecule has 0 aliphatic carbocycles. The molecule has 0 fully saturated rings. The van der Waals surface area contributed by atoms with E-state index in [0.717, 1.165) is 24.0 Å². The molecule has 0 amide bonds. The van der Waals surface area contributed by atoms with Crippen LogP contribution < -0.4 is 5.56 Å². The van der Waals surface area contributed by atoms with Crippen LogP contribution in [0.2, 0.25) is 0 Å². The lowest BCUT2D eigenvalue weighted by Crippen LogP contribution is -2.13. The van der Waals surface area contributed by atoms with Crippen LogP contribution in [0.3, 0.4) is 0 Å². The largest absolute Gasteiger partial charge is 0.501 e. The van der Waals surface area contributed by atoms with Gasteiger partial charge in [0.2, 0.25) is 5.75 Å². The number of phenolic OH excluding ortho intramolecular Hbond substituents is 1. The fourth-order valence-electron chi connectivity index (χ4n) is 2.64. The van der Waals surface area contributed by atoms with E-state index in [2.05, 4.69) is 15.3 Å². The van der Waals surface area contributed by atoms with Gasteiger partial charge in [-0.1, -0.05) is 17.7 Å². The number of rotatable bonds is 5. The smallest absolute Gasteiger partial charge is 0.314 e. The van der Waals surface area contributed by atoms with Gasteiger partial charge in [-0.25, -0.2) is 13.1 Å². The van der Waals surface area contributed by atoms with Crippen LogP contribution in [-0.2, 0) is 9.84 Å². The molecule has 0 aliphatic rings. The lowest BCUT2D eigenvalue weighted by molar-refractivity contribution is -0.386. The summed E-state index contributed by atoms with van der Waals surface area (Å²) in [6.45, 7) is 3.48. The van der Waals surface area contributed by atoms with Crippen molar-refractivity contribution in [3.8, 4) is 11.4 Å². The van der Waals surface area contributed by atoms with Crippen LogP contribution >= 0.6 is 0 Å². The van der Waals surface area contributed by atoms with E-state index < -0.39 is 42.3 Å². The number of aryl methyl sites for hydroxylation is 2. The Morgan fingerprint density at radius 1 is 1.13 bits per heavy atom. The molecule has 0 bridgehead atoms. The summed E-state index contributed by atoms with van der Waals surface area (Å²) in [5.74, 6) is -0.858. The number of aromatic hydroxyl groups is 1. The third-order valence-corrected chi connectivity index (χ3v) is 5.35. The van der Waals surface area contributed by atoms with E-state index in [-0.39, 0.29) is 5.69 Å². The molecule has 0 aliphatic heterocycles. The number of aromatic amines is 1. The number of nitrogens with one attached hydrogen (secondary N) is 1. The average Bonchev–Trinajstić information content (AvgIpc) is 2.94. The number of benzene rings is 2. The van der Waals surface area contributed by atoms with E-state index in [9.17, 15) is 28.4 Å². The van der Waals surface area contributed by atoms with Gasteiger partial charge in [0, 0.05) is 12.3 Å². The van der Waals surface area contributed by atoms with Gasteiger partial charge in [0.05, 0.1) is 21.2 Å². The summed E-state index contributed by atoms with van der Waals surface area (Å²) in [4.78, 5) is 22.5. The molecule has 12 heteroatoms. The lowest BCUT2D eigenvalue weighted by atomic mass is 10.2. The number of hydrogen-bond acceptors (Lipinski definition) is 8. The van der Waals surface area contributed by atoms with Crippen LogP contribution in [0.4, 0.5) is 17.1 Å². The lowest BCUT2D eigenvalue weighted by Gasteiger charge is -2.03. The Kier molecular flexibility index (Phi) is 5.27. The molecule has 156 valence electrons. The highest BCUT2D eigenvalue weighted by Crippen LogP contribution is 2.39. The molecule has 3 rings (SSSR count). The minimum absolute atomic E-state index is 0.0950. The second-order valence-corrected chi connectivity index (χ2v) is 8.62. The molecule has 0 atom stereocenters. The topological polar surface area (TPSA) is 160 Å². The van der Waals surface area contributed by atoms with Gasteiger partial charge in [-0.15, -0.1) is 10.2 Å². The monoisotopic (exact) mass is 431 g/mol. The zero-order valence-electron chi connectivity index (χ0n) is 16.1. The molecule has 0 saturated heterocycles. The molecular weight excluding hydrogens is 414 g/mol. The Balaban J connectivity index is 2.11. The predicted octanol–water partition coefficient (Wildman–Crippen LogP) is 3.22. The molecule has 1 heterocycles. The summed E-state index contributed by atoms with van der Waals surface area (Å²) < 4.78 is 24.9. The normalized spacial score (nSPS) is 11.8. The van der Waals surface area contributed by atoms with Crippen molar-refractivity contribution in [2.45, 2.75) is 18.7 Å². The van der Waals surface area contributed by atoms with Crippen LogP contribution in [0.15, 0.2) is 56.3 Å². The first-order valence-corrected chi connectivity index (χ1v) is 10.4. The highest BCUT2D eigenvalue weighted by Gasteiger charge is 2.23. The summed E-state index contributed by atoms with van der Waals surface area (Å²) in [5, 5.41) is 31.6. The molecule has 0 radical (unpaired) electrons. The third-order valence-electron chi connectivity index (χ3n) is 4.26. The van der Waals surface area contributed by atoms with Gasteiger partial charge in [0.25, 0.3) is 5.56 Å². The summed E-state index contributed by atoms with van der Waals surface area (Å²) in [5.41, 5.74) is 0.0140. The minimum atomic E-state index is -3.82. The van der Waals surface area contributed by atoms with Crippen LogP contribution in [0.25, 0.3) is 5.69 Å².